The molecule has 0 spiro atoms. The van der Waals surface area contributed by atoms with Crippen LogP contribution in [0.5, 0.6) is 0 Å². The van der Waals surface area contributed by atoms with Gasteiger partial charge in [0.2, 0.25) is 5.91 Å². The third-order valence-corrected chi connectivity index (χ3v) is 5.95. The van der Waals surface area contributed by atoms with Crippen LogP contribution in [0.15, 0.2) is 0 Å². The van der Waals surface area contributed by atoms with E-state index in [1.54, 1.807) is 0 Å². The van der Waals surface area contributed by atoms with Crippen LogP contribution in [0.3, 0.4) is 0 Å². The Morgan fingerprint density at radius 1 is 1.15 bits per heavy atom. The molecular weight excluding hydrogens is 250 g/mol. The zero-order chi connectivity index (χ0) is 13.7. The minimum absolute atomic E-state index is 0.161. The standard InChI is InChI=1S/C17H27NO2/c1-11(10-18-16(19)15-2-3-15)20-17-7-12-4-13(8-17)6-14(5-12)9-17/h11-15H,2-10H2,1H3,(H,18,19). The molecule has 0 heterocycles. The van der Waals surface area contributed by atoms with Crippen LogP contribution >= 0.6 is 0 Å². The lowest BCUT2D eigenvalue weighted by atomic mass is 9.54. The van der Waals surface area contributed by atoms with E-state index in [4.69, 9.17) is 4.74 Å². The van der Waals surface area contributed by atoms with Crippen LogP contribution in [0.1, 0.15) is 58.3 Å². The van der Waals surface area contributed by atoms with E-state index in [-0.39, 0.29) is 17.6 Å². The third kappa shape index (κ3) is 2.49. The topological polar surface area (TPSA) is 38.3 Å². The molecule has 3 nitrogen and oxygen atoms in total. The van der Waals surface area contributed by atoms with Gasteiger partial charge in [-0.2, -0.15) is 0 Å². The maximum Gasteiger partial charge on any atom is 0.223 e. The predicted octanol–water partition coefficient (Wildman–Crippen LogP) is 2.89. The van der Waals surface area contributed by atoms with Gasteiger partial charge in [-0.15, -0.1) is 0 Å². The normalized spacial score (nSPS) is 43.5. The number of nitrogens with one attached hydrogen (secondary N) is 1. The smallest absolute Gasteiger partial charge is 0.223 e. The van der Waals surface area contributed by atoms with Crippen LogP contribution in [0.4, 0.5) is 0 Å². The van der Waals surface area contributed by atoms with Crippen LogP contribution in [-0.2, 0) is 9.53 Å². The fourth-order valence-electron chi connectivity index (χ4n) is 5.38. The SMILES string of the molecule is CC(CNC(=O)C1CC1)OC12CC3CC(CC(C3)C1)C2. The first-order valence-corrected chi connectivity index (χ1v) is 8.57. The molecule has 5 fully saturated rings. The van der Waals surface area contributed by atoms with E-state index in [1.807, 2.05) is 0 Å². The van der Waals surface area contributed by atoms with Gasteiger partial charge in [0, 0.05) is 12.5 Å². The minimum Gasteiger partial charge on any atom is -0.370 e. The van der Waals surface area contributed by atoms with Crippen LogP contribution in [0, 0.1) is 23.7 Å². The molecule has 0 aliphatic heterocycles. The summed E-state index contributed by atoms with van der Waals surface area (Å²) in [6.45, 7) is 2.82. The molecule has 1 amide bonds. The van der Waals surface area contributed by atoms with Gasteiger partial charge in [-0.05, 0) is 76.0 Å². The van der Waals surface area contributed by atoms with E-state index in [9.17, 15) is 4.79 Å². The fourth-order valence-corrected chi connectivity index (χ4v) is 5.38. The van der Waals surface area contributed by atoms with Gasteiger partial charge in [-0.1, -0.05) is 0 Å². The van der Waals surface area contributed by atoms with Crippen molar-refractivity contribution in [1.82, 2.24) is 5.32 Å². The predicted molar refractivity (Wildman–Crippen MR) is 77.2 cm³/mol. The Balaban J connectivity index is 1.32. The van der Waals surface area contributed by atoms with Gasteiger partial charge >= 0.3 is 0 Å². The highest BCUT2D eigenvalue weighted by Crippen LogP contribution is 2.57. The van der Waals surface area contributed by atoms with E-state index in [2.05, 4.69) is 12.2 Å². The van der Waals surface area contributed by atoms with E-state index < -0.39 is 0 Å². The van der Waals surface area contributed by atoms with Crippen molar-refractivity contribution in [3.05, 3.63) is 0 Å². The summed E-state index contributed by atoms with van der Waals surface area (Å²) in [5, 5.41) is 3.06. The molecule has 0 saturated heterocycles. The number of ether oxygens (including phenoxy) is 1. The lowest BCUT2D eigenvalue weighted by Crippen LogP contribution is -2.54. The molecule has 0 aromatic rings. The van der Waals surface area contributed by atoms with E-state index in [0.717, 1.165) is 30.6 Å². The van der Waals surface area contributed by atoms with Gasteiger partial charge in [0.05, 0.1) is 11.7 Å². The lowest BCUT2D eigenvalue weighted by Gasteiger charge is -2.57. The third-order valence-electron chi connectivity index (χ3n) is 5.95. The summed E-state index contributed by atoms with van der Waals surface area (Å²) in [4.78, 5) is 11.7. The first-order chi connectivity index (χ1) is 9.62. The van der Waals surface area contributed by atoms with Crippen molar-refractivity contribution < 1.29 is 9.53 Å². The summed E-state index contributed by atoms with van der Waals surface area (Å²) in [5.41, 5.74) is 0.165. The summed E-state index contributed by atoms with van der Waals surface area (Å²) in [6, 6.07) is 0. The maximum atomic E-state index is 11.7. The molecule has 1 N–H and O–H groups in total. The summed E-state index contributed by atoms with van der Waals surface area (Å²) in [7, 11) is 0. The van der Waals surface area contributed by atoms with E-state index >= 15 is 0 Å². The molecule has 112 valence electrons. The molecular formula is C17H27NO2. The Morgan fingerprint density at radius 2 is 1.70 bits per heavy atom. The highest BCUT2D eigenvalue weighted by molar-refractivity contribution is 5.80. The average molecular weight is 277 g/mol. The molecule has 0 aromatic carbocycles. The highest BCUT2D eigenvalue weighted by atomic mass is 16.5. The van der Waals surface area contributed by atoms with Crippen molar-refractivity contribution in [3.8, 4) is 0 Å². The van der Waals surface area contributed by atoms with E-state index in [1.165, 1.54) is 38.5 Å². The zero-order valence-corrected chi connectivity index (χ0v) is 12.6. The van der Waals surface area contributed by atoms with Gasteiger partial charge in [0.15, 0.2) is 0 Å². The van der Waals surface area contributed by atoms with Crippen molar-refractivity contribution in [2.45, 2.75) is 70.0 Å². The lowest BCUT2D eigenvalue weighted by molar-refractivity contribution is -0.183. The van der Waals surface area contributed by atoms with Gasteiger partial charge < -0.3 is 10.1 Å². The molecule has 4 bridgehead atoms. The van der Waals surface area contributed by atoms with Gasteiger partial charge in [0.1, 0.15) is 0 Å². The molecule has 0 radical (unpaired) electrons. The highest BCUT2D eigenvalue weighted by Gasteiger charge is 2.52. The van der Waals surface area contributed by atoms with Crippen LogP contribution in [0.25, 0.3) is 0 Å². The van der Waals surface area contributed by atoms with E-state index in [0.29, 0.717) is 12.5 Å². The molecule has 1 atom stereocenters. The maximum absolute atomic E-state index is 11.7. The summed E-state index contributed by atoms with van der Waals surface area (Å²) in [6.07, 6.45) is 10.5. The number of amides is 1. The van der Waals surface area contributed by atoms with Crippen molar-refractivity contribution >= 4 is 5.91 Å². The monoisotopic (exact) mass is 277 g/mol. The van der Waals surface area contributed by atoms with Gasteiger partial charge in [-0.25, -0.2) is 0 Å². The first-order valence-electron chi connectivity index (χ1n) is 8.57. The van der Waals surface area contributed by atoms with Crippen LogP contribution in [0.2, 0.25) is 0 Å². The summed E-state index contributed by atoms with van der Waals surface area (Å²) in [5.74, 6) is 3.33. The Kier molecular flexibility index (Phi) is 3.10. The van der Waals surface area contributed by atoms with Crippen molar-refractivity contribution in [2.24, 2.45) is 23.7 Å². The molecule has 20 heavy (non-hydrogen) atoms. The fraction of sp³-hybridized carbons (Fsp3) is 0.941. The number of rotatable bonds is 5. The first kappa shape index (κ1) is 13.1. The minimum atomic E-state index is 0.161. The average Bonchev–Trinajstić information content (AvgIpc) is 3.17. The Labute approximate surface area is 121 Å². The Morgan fingerprint density at radius 3 is 2.20 bits per heavy atom. The molecule has 0 aromatic heterocycles. The molecule has 5 aliphatic carbocycles. The Bertz CT molecular complexity index is 367. The van der Waals surface area contributed by atoms with Gasteiger partial charge in [-0.3, -0.25) is 4.79 Å². The molecule has 3 heteroatoms. The van der Waals surface area contributed by atoms with Crippen molar-refractivity contribution in [3.63, 3.8) is 0 Å². The van der Waals surface area contributed by atoms with Crippen LogP contribution in [-0.4, -0.2) is 24.2 Å². The molecule has 5 aliphatic rings. The molecule has 5 rings (SSSR count). The van der Waals surface area contributed by atoms with Gasteiger partial charge in [0.25, 0.3) is 0 Å². The molecule has 1 unspecified atom stereocenters. The number of hydrogen-bond acceptors (Lipinski definition) is 2. The largest absolute Gasteiger partial charge is 0.370 e. The second-order valence-corrected chi connectivity index (χ2v) is 8.05. The van der Waals surface area contributed by atoms with Crippen LogP contribution < -0.4 is 5.32 Å². The number of carbonyl (C=O) groups excluding carboxylic acids is 1. The summed E-state index contributed by atoms with van der Waals surface area (Å²) < 4.78 is 6.49. The molecule has 5 saturated carbocycles. The summed E-state index contributed by atoms with van der Waals surface area (Å²) >= 11 is 0. The van der Waals surface area contributed by atoms with Crippen molar-refractivity contribution in [2.75, 3.05) is 6.54 Å². The van der Waals surface area contributed by atoms with Crippen molar-refractivity contribution in [1.29, 1.82) is 0 Å². The zero-order valence-electron chi connectivity index (χ0n) is 12.6. The second-order valence-electron chi connectivity index (χ2n) is 8.05. The number of hydrogen-bond donors (Lipinski definition) is 1. The number of carbonyl (C=O) groups is 1. The second kappa shape index (κ2) is 4.72. The Hall–Kier alpha value is -0.570. The quantitative estimate of drug-likeness (QED) is 0.839.